The number of ether oxygens (including phenoxy) is 3. The van der Waals surface area contributed by atoms with Gasteiger partial charge in [0.2, 0.25) is 0 Å². The van der Waals surface area contributed by atoms with Crippen LogP contribution in [0.2, 0.25) is 0 Å². The Balaban J connectivity index is 4.43. The van der Waals surface area contributed by atoms with Gasteiger partial charge in [-0.25, -0.2) is 0 Å². The molecule has 0 amide bonds. The molecule has 0 spiro atoms. The Labute approximate surface area is 408 Å². The first kappa shape index (κ1) is 62.8. The maximum absolute atomic E-state index is 12.8. The zero-order valence-electron chi connectivity index (χ0n) is 43.4. The summed E-state index contributed by atoms with van der Waals surface area (Å²) in [6.07, 6.45) is 68.9. The van der Waals surface area contributed by atoms with Crippen molar-refractivity contribution in [3.63, 3.8) is 0 Å². The summed E-state index contributed by atoms with van der Waals surface area (Å²) in [7, 11) is 0. The van der Waals surface area contributed by atoms with Gasteiger partial charge in [-0.1, -0.05) is 235 Å². The highest BCUT2D eigenvalue weighted by molar-refractivity contribution is 5.71. The van der Waals surface area contributed by atoms with Gasteiger partial charge in [-0.3, -0.25) is 14.4 Å². The Kier molecular flexibility index (Phi) is 51.9. The Bertz CT molecular complexity index is 1240. The zero-order chi connectivity index (χ0) is 47.9. The molecule has 0 bridgehead atoms. The number of carbonyl (C=O) groups excluding carboxylic acids is 3. The third kappa shape index (κ3) is 51.8. The summed E-state index contributed by atoms with van der Waals surface area (Å²) in [4.78, 5) is 38.1. The summed E-state index contributed by atoms with van der Waals surface area (Å²) in [6.45, 7) is 6.48. The topological polar surface area (TPSA) is 78.9 Å². The van der Waals surface area contributed by atoms with Gasteiger partial charge in [-0.2, -0.15) is 0 Å². The van der Waals surface area contributed by atoms with Crippen molar-refractivity contribution in [2.24, 2.45) is 0 Å². The van der Waals surface area contributed by atoms with Crippen molar-refractivity contribution in [2.75, 3.05) is 13.2 Å². The molecule has 0 rings (SSSR count). The van der Waals surface area contributed by atoms with E-state index in [4.69, 9.17) is 14.2 Å². The standard InChI is InChI=1S/C60H104O6/c1-4-7-10-13-16-19-22-25-28-30-33-35-38-41-44-47-50-53-59(62)65-56-57(55-64-58(61)52-49-46-43-40-37-34-31-27-24-21-18-15-12-9-6-3)66-60(63)54-51-48-45-42-39-36-32-29-26-23-20-17-14-11-8-5-2/h9,12,16,18-19,21,25,27-28,31,37,40,57H,4-8,10-11,13-15,17,20,22-24,26,29-30,32-36,38-39,41-56H2,1-3H3/b12-9-,19-16-,21-18-,28-25-,31-27-,40-37-/t57-/m1/s1. The second-order valence-corrected chi connectivity index (χ2v) is 18.5. The van der Waals surface area contributed by atoms with Crippen molar-refractivity contribution in [1.29, 1.82) is 0 Å². The Morgan fingerprint density at radius 1 is 0.318 bits per heavy atom. The molecule has 0 aromatic carbocycles. The first-order valence-corrected chi connectivity index (χ1v) is 27.9. The first-order valence-electron chi connectivity index (χ1n) is 27.9. The molecule has 1 atom stereocenters. The predicted molar refractivity (Wildman–Crippen MR) is 284 cm³/mol. The molecule has 0 aromatic rings. The summed E-state index contributed by atoms with van der Waals surface area (Å²) in [5, 5.41) is 0. The highest BCUT2D eigenvalue weighted by Crippen LogP contribution is 2.16. The molecule has 0 saturated carbocycles. The van der Waals surface area contributed by atoms with E-state index in [0.29, 0.717) is 19.3 Å². The SMILES string of the molecule is CC/C=C\C/C=C\C/C=C\C/C=C\CCCCC(=O)OC[C@H](COC(=O)CCCCCCCCC/C=C\C/C=C\CCCCC)OC(=O)CCCCCCCCCCCCCCCCCC. The highest BCUT2D eigenvalue weighted by atomic mass is 16.6. The van der Waals surface area contributed by atoms with Crippen LogP contribution in [-0.2, 0) is 28.6 Å². The molecule has 0 unspecified atom stereocenters. The summed E-state index contributed by atoms with van der Waals surface area (Å²) < 4.78 is 16.8. The van der Waals surface area contributed by atoms with Crippen LogP contribution in [0.4, 0.5) is 0 Å². The second-order valence-electron chi connectivity index (χ2n) is 18.5. The Morgan fingerprint density at radius 2 is 0.591 bits per heavy atom. The van der Waals surface area contributed by atoms with Crippen LogP contribution in [0.25, 0.3) is 0 Å². The average molecular weight is 921 g/mol. The van der Waals surface area contributed by atoms with Gasteiger partial charge < -0.3 is 14.2 Å². The van der Waals surface area contributed by atoms with E-state index in [2.05, 4.69) is 93.7 Å². The molecule has 0 N–H and O–H groups in total. The molecule has 0 aliphatic heterocycles. The lowest BCUT2D eigenvalue weighted by atomic mass is 10.0. The van der Waals surface area contributed by atoms with Gasteiger partial charge >= 0.3 is 17.9 Å². The maximum Gasteiger partial charge on any atom is 0.306 e. The molecule has 0 fully saturated rings. The van der Waals surface area contributed by atoms with E-state index >= 15 is 0 Å². The molecule has 0 aliphatic rings. The summed E-state index contributed by atoms with van der Waals surface area (Å²) in [5.41, 5.74) is 0. The smallest absolute Gasteiger partial charge is 0.306 e. The number of carbonyl (C=O) groups is 3. The van der Waals surface area contributed by atoms with E-state index in [9.17, 15) is 14.4 Å². The van der Waals surface area contributed by atoms with Gasteiger partial charge in [0.1, 0.15) is 13.2 Å². The van der Waals surface area contributed by atoms with Gasteiger partial charge in [0.15, 0.2) is 6.10 Å². The van der Waals surface area contributed by atoms with Crippen molar-refractivity contribution in [3.05, 3.63) is 72.9 Å². The van der Waals surface area contributed by atoms with Crippen molar-refractivity contribution >= 4 is 17.9 Å². The van der Waals surface area contributed by atoms with Crippen molar-refractivity contribution in [2.45, 2.75) is 277 Å². The molecule has 0 aliphatic carbocycles. The van der Waals surface area contributed by atoms with E-state index < -0.39 is 6.10 Å². The minimum Gasteiger partial charge on any atom is -0.462 e. The van der Waals surface area contributed by atoms with Crippen molar-refractivity contribution in [3.8, 4) is 0 Å². The fourth-order valence-corrected chi connectivity index (χ4v) is 7.76. The Hall–Kier alpha value is -3.15. The minimum atomic E-state index is -0.794. The van der Waals surface area contributed by atoms with Crippen LogP contribution in [0.1, 0.15) is 271 Å². The van der Waals surface area contributed by atoms with Crippen LogP contribution in [0, 0.1) is 0 Å². The molecule has 0 heterocycles. The molecule has 6 heteroatoms. The molecular weight excluding hydrogens is 817 g/mol. The number of rotatable bonds is 50. The molecular formula is C60H104O6. The normalized spacial score (nSPS) is 12.6. The van der Waals surface area contributed by atoms with Crippen LogP contribution in [0.3, 0.4) is 0 Å². The second kappa shape index (κ2) is 54.5. The number of allylic oxidation sites excluding steroid dienone is 12. The van der Waals surface area contributed by atoms with Gasteiger partial charge in [0, 0.05) is 19.3 Å². The fraction of sp³-hybridized carbons (Fsp3) is 0.750. The molecule has 0 saturated heterocycles. The van der Waals surface area contributed by atoms with E-state index in [1.54, 1.807) is 0 Å². The highest BCUT2D eigenvalue weighted by Gasteiger charge is 2.19. The van der Waals surface area contributed by atoms with E-state index in [0.717, 1.165) is 96.3 Å². The predicted octanol–water partition coefficient (Wildman–Crippen LogP) is 18.6. The van der Waals surface area contributed by atoms with Crippen LogP contribution in [-0.4, -0.2) is 37.2 Å². The van der Waals surface area contributed by atoms with E-state index in [1.807, 2.05) is 0 Å². The summed E-state index contributed by atoms with van der Waals surface area (Å²) in [5.74, 6) is -0.932. The van der Waals surface area contributed by atoms with Crippen molar-refractivity contribution < 1.29 is 28.6 Å². The number of esters is 3. The average Bonchev–Trinajstić information content (AvgIpc) is 3.31. The minimum absolute atomic E-state index is 0.0909. The van der Waals surface area contributed by atoms with Crippen molar-refractivity contribution in [1.82, 2.24) is 0 Å². The van der Waals surface area contributed by atoms with E-state index in [-0.39, 0.29) is 31.1 Å². The third-order valence-corrected chi connectivity index (χ3v) is 11.9. The third-order valence-electron chi connectivity index (χ3n) is 11.9. The van der Waals surface area contributed by atoms with Gasteiger partial charge in [0.05, 0.1) is 0 Å². The van der Waals surface area contributed by atoms with Gasteiger partial charge in [0.25, 0.3) is 0 Å². The lowest BCUT2D eigenvalue weighted by molar-refractivity contribution is -0.167. The molecule has 380 valence electrons. The zero-order valence-corrected chi connectivity index (χ0v) is 43.4. The van der Waals surface area contributed by atoms with Crippen LogP contribution in [0.5, 0.6) is 0 Å². The van der Waals surface area contributed by atoms with Gasteiger partial charge in [-0.05, 0) is 89.9 Å². The van der Waals surface area contributed by atoms with Crippen LogP contribution >= 0.6 is 0 Å². The quantitative estimate of drug-likeness (QED) is 0.0262. The summed E-state index contributed by atoms with van der Waals surface area (Å²) >= 11 is 0. The fourth-order valence-electron chi connectivity index (χ4n) is 7.76. The number of hydrogen-bond donors (Lipinski definition) is 0. The monoisotopic (exact) mass is 921 g/mol. The van der Waals surface area contributed by atoms with Crippen LogP contribution < -0.4 is 0 Å². The lowest BCUT2D eigenvalue weighted by Crippen LogP contribution is -2.30. The largest absolute Gasteiger partial charge is 0.462 e. The lowest BCUT2D eigenvalue weighted by Gasteiger charge is -2.18. The van der Waals surface area contributed by atoms with E-state index in [1.165, 1.54) is 135 Å². The molecule has 6 nitrogen and oxygen atoms in total. The number of unbranched alkanes of at least 4 members (excludes halogenated alkanes) is 27. The number of hydrogen-bond acceptors (Lipinski definition) is 6. The molecule has 0 radical (unpaired) electrons. The first-order chi connectivity index (χ1) is 32.5. The Morgan fingerprint density at radius 3 is 0.985 bits per heavy atom. The maximum atomic E-state index is 12.8. The van der Waals surface area contributed by atoms with Gasteiger partial charge in [-0.15, -0.1) is 0 Å². The summed E-state index contributed by atoms with van der Waals surface area (Å²) in [6, 6.07) is 0. The molecule has 66 heavy (non-hydrogen) atoms. The molecule has 0 aromatic heterocycles. The van der Waals surface area contributed by atoms with Crippen LogP contribution in [0.15, 0.2) is 72.9 Å².